The second kappa shape index (κ2) is 9.27. The summed E-state index contributed by atoms with van der Waals surface area (Å²) in [5.41, 5.74) is 0. The molecule has 0 heterocycles. The van der Waals surface area contributed by atoms with Gasteiger partial charge in [0.25, 0.3) is 0 Å². The van der Waals surface area contributed by atoms with Crippen LogP contribution in [0.15, 0.2) is 25.0 Å². The molecular formula is C8H12O6. The summed E-state index contributed by atoms with van der Waals surface area (Å²) < 4.78 is 4.33. The molecule has 0 radical (unpaired) electrons. The number of aliphatic carboxylic acids is 1. The molecule has 0 aromatic heterocycles. The first-order valence-electron chi connectivity index (χ1n) is 3.46. The average Bonchev–Trinajstić information content (AvgIpc) is 2.14. The molecule has 0 saturated heterocycles. The maximum Gasteiger partial charge on any atom is 0.370 e. The molecule has 0 aromatic carbocycles. The topological polar surface area (TPSA) is 104 Å². The lowest BCUT2D eigenvalue weighted by Crippen LogP contribution is -2.04. The fourth-order valence-corrected chi connectivity index (χ4v) is 0.205. The molecule has 0 saturated carbocycles. The lowest BCUT2D eigenvalue weighted by molar-refractivity contribution is -0.138. The van der Waals surface area contributed by atoms with E-state index >= 15 is 0 Å². The van der Waals surface area contributed by atoms with Crippen LogP contribution < -0.4 is 0 Å². The third-order valence-corrected chi connectivity index (χ3v) is 0.749. The quantitative estimate of drug-likeness (QED) is 0.334. The number of carboxylic acid groups (broad SMARTS) is 1. The molecule has 0 fully saturated rings. The lowest BCUT2D eigenvalue weighted by atomic mass is 10.6. The minimum absolute atomic E-state index is 0.0465. The van der Waals surface area contributed by atoms with Crippen molar-refractivity contribution in [3.05, 3.63) is 25.0 Å². The molecule has 0 unspecified atom stereocenters. The highest BCUT2D eigenvalue weighted by atomic mass is 16.5. The SMILES string of the molecule is C=C(O)C(=O)O.C=CC(=O)OCCO. The van der Waals surface area contributed by atoms with E-state index in [0.717, 1.165) is 6.08 Å². The van der Waals surface area contributed by atoms with Gasteiger partial charge >= 0.3 is 11.9 Å². The van der Waals surface area contributed by atoms with Gasteiger partial charge in [0.1, 0.15) is 6.61 Å². The van der Waals surface area contributed by atoms with Gasteiger partial charge in [0.15, 0.2) is 5.76 Å². The Morgan fingerprint density at radius 2 is 1.79 bits per heavy atom. The second-order valence-corrected chi connectivity index (χ2v) is 1.85. The zero-order chi connectivity index (χ0) is 11.6. The Morgan fingerprint density at radius 3 is 2.00 bits per heavy atom. The zero-order valence-electron chi connectivity index (χ0n) is 7.47. The van der Waals surface area contributed by atoms with Crippen molar-refractivity contribution < 1.29 is 29.6 Å². The first-order chi connectivity index (χ1) is 6.45. The van der Waals surface area contributed by atoms with Crippen LogP contribution in [0.2, 0.25) is 0 Å². The van der Waals surface area contributed by atoms with Crippen LogP contribution in [0.5, 0.6) is 0 Å². The van der Waals surface area contributed by atoms with Crippen LogP contribution in [0.4, 0.5) is 0 Å². The van der Waals surface area contributed by atoms with Gasteiger partial charge in [-0.2, -0.15) is 0 Å². The van der Waals surface area contributed by atoms with Gasteiger partial charge in [-0.05, 0) is 6.58 Å². The number of carbonyl (C=O) groups is 2. The van der Waals surface area contributed by atoms with Crippen molar-refractivity contribution in [3.8, 4) is 0 Å². The Labute approximate surface area is 80.7 Å². The molecule has 3 N–H and O–H groups in total. The lowest BCUT2D eigenvalue weighted by Gasteiger charge is -1.94. The Kier molecular flexibility index (Phi) is 9.73. The van der Waals surface area contributed by atoms with E-state index < -0.39 is 17.7 Å². The molecule has 0 aliphatic rings. The van der Waals surface area contributed by atoms with Crippen molar-refractivity contribution in [1.82, 2.24) is 0 Å². The van der Waals surface area contributed by atoms with Crippen LogP contribution in [-0.4, -0.2) is 40.5 Å². The summed E-state index contributed by atoms with van der Waals surface area (Å²) >= 11 is 0. The highest BCUT2D eigenvalue weighted by molar-refractivity contribution is 5.82. The largest absolute Gasteiger partial charge is 0.502 e. The first kappa shape index (κ1) is 14.7. The Morgan fingerprint density at radius 1 is 1.36 bits per heavy atom. The van der Waals surface area contributed by atoms with Crippen molar-refractivity contribution in [3.63, 3.8) is 0 Å². The predicted octanol–water partition coefficient (Wildman–Crippen LogP) is -0.149. The van der Waals surface area contributed by atoms with E-state index in [9.17, 15) is 9.59 Å². The summed E-state index contributed by atoms with van der Waals surface area (Å²) in [6, 6.07) is 0. The molecule has 0 aliphatic heterocycles. The van der Waals surface area contributed by atoms with E-state index in [1.807, 2.05) is 0 Å². The van der Waals surface area contributed by atoms with Gasteiger partial charge in [0, 0.05) is 6.08 Å². The minimum Gasteiger partial charge on any atom is -0.502 e. The number of hydrogen-bond donors (Lipinski definition) is 3. The zero-order valence-corrected chi connectivity index (χ0v) is 7.47. The van der Waals surface area contributed by atoms with E-state index in [2.05, 4.69) is 17.9 Å². The highest BCUT2D eigenvalue weighted by Gasteiger charge is 1.94. The molecule has 0 aromatic rings. The van der Waals surface area contributed by atoms with Crippen LogP contribution in [0.3, 0.4) is 0 Å². The molecular weight excluding hydrogens is 192 g/mol. The summed E-state index contributed by atoms with van der Waals surface area (Å²) in [6.45, 7) is 5.78. The number of ether oxygens (including phenoxy) is 1. The number of hydrogen-bond acceptors (Lipinski definition) is 5. The minimum atomic E-state index is -1.38. The van der Waals surface area contributed by atoms with Crippen molar-refractivity contribution >= 4 is 11.9 Å². The van der Waals surface area contributed by atoms with Gasteiger partial charge in [-0.3, -0.25) is 0 Å². The molecule has 0 atom stereocenters. The third-order valence-electron chi connectivity index (χ3n) is 0.749. The standard InChI is InChI=1S/C5H8O3.C3H4O3/c1-2-5(7)8-4-3-6;1-2(4)3(5)6/h2,6H,1,3-4H2;4H,1H2,(H,5,6). The summed E-state index contributed by atoms with van der Waals surface area (Å²) in [5.74, 6) is -2.70. The van der Waals surface area contributed by atoms with Crippen LogP contribution in [-0.2, 0) is 14.3 Å². The fourth-order valence-electron chi connectivity index (χ4n) is 0.205. The van der Waals surface area contributed by atoms with Gasteiger partial charge in [-0.25, -0.2) is 9.59 Å². The summed E-state index contributed by atoms with van der Waals surface area (Å²) in [5, 5.41) is 23.6. The van der Waals surface area contributed by atoms with Gasteiger partial charge in [-0.15, -0.1) is 0 Å². The molecule has 80 valence electrons. The van der Waals surface area contributed by atoms with E-state index in [1.165, 1.54) is 0 Å². The van der Waals surface area contributed by atoms with Gasteiger partial charge in [-0.1, -0.05) is 6.58 Å². The summed E-state index contributed by atoms with van der Waals surface area (Å²) in [4.78, 5) is 19.5. The van der Waals surface area contributed by atoms with Gasteiger partial charge < -0.3 is 20.1 Å². The van der Waals surface area contributed by atoms with Crippen molar-refractivity contribution in [2.24, 2.45) is 0 Å². The Bertz CT molecular complexity index is 208. The van der Waals surface area contributed by atoms with E-state index in [0.29, 0.717) is 0 Å². The van der Waals surface area contributed by atoms with E-state index in [4.69, 9.17) is 15.3 Å². The molecule has 14 heavy (non-hydrogen) atoms. The van der Waals surface area contributed by atoms with Gasteiger partial charge in [0.05, 0.1) is 6.61 Å². The van der Waals surface area contributed by atoms with E-state index in [1.54, 1.807) is 0 Å². The molecule has 0 aliphatic carbocycles. The van der Waals surface area contributed by atoms with Crippen LogP contribution >= 0.6 is 0 Å². The number of carboxylic acids is 1. The maximum absolute atomic E-state index is 10.1. The second-order valence-electron chi connectivity index (χ2n) is 1.85. The molecule has 0 spiro atoms. The van der Waals surface area contributed by atoms with E-state index in [-0.39, 0.29) is 13.2 Å². The predicted molar refractivity (Wildman–Crippen MR) is 47.6 cm³/mol. The van der Waals surface area contributed by atoms with Gasteiger partial charge in [0.2, 0.25) is 0 Å². The van der Waals surface area contributed by atoms with Crippen LogP contribution in [0.25, 0.3) is 0 Å². The van der Waals surface area contributed by atoms with Crippen LogP contribution in [0, 0.1) is 0 Å². The first-order valence-corrected chi connectivity index (χ1v) is 3.46. The fraction of sp³-hybridized carbons (Fsp3) is 0.250. The maximum atomic E-state index is 10.1. The van der Waals surface area contributed by atoms with Crippen molar-refractivity contribution in [2.45, 2.75) is 0 Å². The normalized spacial score (nSPS) is 7.79. The number of rotatable bonds is 4. The number of aliphatic hydroxyl groups is 2. The number of carbonyl (C=O) groups excluding carboxylic acids is 1. The highest BCUT2D eigenvalue weighted by Crippen LogP contribution is 1.76. The van der Waals surface area contributed by atoms with Crippen molar-refractivity contribution in [1.29, 1.82) is 0 Å². The molecule has 6 nitrogen and oxygen atoms in total. The summed E-state index contributed by atoms with van der Waals surface area (Å²) in [7, 11) is 0. The Hall–Kier alpha value is -1.82. The molecule has 0 amide bonds. The Balaban J connectivity index is 0. The number of esters is 1. The smallest absolute Gasteiger partial charge is 0.370 e. The van der Waals surface area contributed by atoms with Crippen molar-refractivity contribution in [2.75, 3.05) is 13.2 Å². The average molecular weight is 204 g/mol. The molecule has 0 rings (SSSR count). The molecule has 0 bridgehead atoms. The third kappa shape index (κ3) is 12.8. The molecule has 6 heteroatoms. The summed E-state index contributed by atoms with van der Waals surface area (Å²) in [6.07, 6.45) is 1.05. The van der Waals surface area contributed by atoms with Crippen LogP contribution in [0.1, 0.15) is 0 Å². The number of aliphatic hydroxyl groups excluding tert-OH is 2. The monoisotopic (exact) mass is 204 g/mol.